The number of amides is 2. The zero-order valence-corrected chi connectivity index (χ0v) is 16.1. The molecule has 2 aliphatic heterocycles. The van der Waals surface area contributed by atoms with Crippen LogP contribution in [0.3, 0.4) is 0 Å². The number of carbonyl (C=O) groups is 2. The Morgan fingerprint density at radius 2 is 1.57 bits per heavy atom. The summed E-state index contributed by atoms with van der Waals surface area (Å²) in [6.07, 6.45) is 0. The van der Waals surface area contributed by atoms with Crippen molar-refractivity contribution < 1.29 is 19.1 Å². The van der Waals surface area contributed by atoms with E-state index in [2.05, 4.69) is 0 Å². The fourth-order valence-corrected chi connectivity index (χ4v) is 3.57. The number of hydrogen-bond acceptors (Lipinski definition) is 5. The number of halogens is 1. The second-order valence-electron chi connectivity index (χ2n) is 6.47. The fourth-order valence-electron chi connectivity index (χ4n) is 3.44. The smallest absolute Gasteiger partial charge is 0.282 e. The summed E-state index contributed by atoms with van der Waals surface area (Å²) in [5, 5.41) is 0.570. The Labute approximate surface area is 167 Å². The summed E-state index contributed by atoms with van der Waals surface area (Å²) in [6.45, 7) is 2.15. The number of nitrogens with zero attached hydrogens (tertiary/aromatic N) is 2. The molecule has 2 aromatic carbocycles. The van der Waals surface area contributed by atoms with Crippen molar-refractivity contribution in [3.8, 4) is 5.75 Å². The Hall–Kier alpha value is -2.83. The van der Waals surface area contributed by atoms with Crippen LogP contribution >= 0.6 is 11.6 Å². The van der Waals surface area contributed by atoms with Gasteiger partial charge in [-0.05, 0) is 42.0 Å². The van der Waals surface area contributed by atoms with Crippen molar-refractivity contribution in [1.82, 2.24) is 4.90 Å². The van der Waals surface area contributed by atoms with Gasteiger partial charge < -0.3 is 14.4 Å². The molecule has 0 saturated carbocycles. The maximum atomic E-state index is 13.3. The number of rotatable bonds is 4. The van der Waals surface area contributed by atoms with E-state index in [1.807, 2.05) is 4.90 Å². The van der Waals surface area contributed by atoms with Gasteiger partial charge in [-0.2, -0.15) is 0 Å². The second-order valence-corrected chi connectivity index (χ2v) is 6.91. The molecule has 0 spiro atoms. The minimum Gasteiger partial charge on any atom is -0.497 e. The molecule has 0 unspecified atom stereocenters. The molecule has 6 nitrogen and oxygen atoms in total. The summed E-state index contributed by atoms with van der Waals surface area (Å²) >= 11 is 6.00. The molecule has 2 aliphatic rings. The van der Waals surface area contributed by atoms with Gasteiger partial charge >= 0.3 is 0 Å². The number of anilines is 1. The van der Waals surface area contributed by atoms with Crippen LogP contribution < -0.4 is 9.64 Å². The molecule has 0 bridgehead atoms. The Morgan fingerprint density at radius 1 is 0.929 bits per heavy atom. The van der Waals surface area contributed by atoms with Gasteiger partial charge in [-0.3, -0.25) is 9.59 Å². The van der Waals surface area contributed by atoms with Gasteiger partial charge in [0, 0.05) is 18.1 Å². The van der Waals surface area contributed by atoms with Crippen LogP contribution in [0, 0.1) is 0 Å². The van der Waals surface area contributed by atoms with Crippen LogP contribution in [0.2, 0.25) is 5.02 Å². The number of imide groups is 1. The topological polar surface area (TPSA) is 59.1 Å². The Kier molecular flexibility index (Phi) is 5.07. The van der Waals surface area contributed by atoms with E-state index in [1.165, 1.54) is 4.90 Å². The Morgan fingerprint density at radius 3 is 2.18 bits per heavy atom. The van der Waals surface area contributed by atoms with E-state index in [4.69, 9.17) is 21.1 Å². The molecule has 2 heterocycles. The largest absolute Gasteiger partial charge is 0.497 e. The molecule has 7 heteroatoms. The zero-order valence-electron chi connectivity index (χ0n) is 15.4. The van der Waals surface area contributed by atoms with E-state index in [9.17, 15) is 9.59 Å². The lowest BCUT2D eigenvalue weighted by molar-refractivity contribution is -0.121. The number of carbonyl (C=O) groups excluding carboxylic acids is 2. The molecule has 0 aromatic heterocycles. The molecular formula is C21H19ClN2O4. The lowest BCUT2D eigenvalue weighted by Gasteiger charge is -2.29. The van der Waals surface area contributed by atoms with E-state index >= 15 is 0 Å². The molecule has 0 atom stereocenters. The highest BCUT2D eigenvalue weighted by molar-refractivity contribution is 6.45. The average Bonchev–Trinajstić information content (AvgIpc) is 2.99. The molecule has 0 N–H and O–H groups in total. The summed E-state index contributed by atoms with van der Waals surface area (Å²) in [5.74, 6) is -0.0249. The maximum absolute atomic E-state index is 13.3. The predicted octanol–water partition coefficient (Wildman–Crippen LogP) is 2.97. The molecule has 4 rings (SSSR count). The lowest BCUT2D eigenvalue weighted by atomic mass is 10.0. The molecular weight excluding hydrogens is 380 g/mol. The van der Waals surface area contributed by atoms with E-state index in [-0.39, 0.29) is 11.8 Å². The van der Waals surface area contributed by atoms with Crippen molar-refractivity contribution in [2.24, 2.45) is 0 Å². The van der Waals surface area contributed by atoms with E-state index in [0.29, 0.717) is 59.6 Å². The number of benzene rings is 2. The maximum Gasteiger partial charge on any atom is 0.282 e. The first-order valence-corrected chi connectivity index (χ1v) is 9.33. The molecule has 1 saturated heterocycles. The third-order valence-corrected chi connectivity index (χ3v) is 5.10. The molecule has 0 aliphatic carbocycles. The van der Waals surface area contributed by atoms with Crippen molar-refractivity contribution in [3.05, 3.63) is 64.8 Å². The van der Waals surface area contributed by atoms with Crippen molar-refractivity contribution in [1.29, 1.82) is 0 Å². The van der Waals surface area contributed by atoms with Gasteiger partial charge in [0.1, 0.15) is 11.4 Å². The molecule has 1 fully saturated rings. The molecule has 144 valence electrons. The van der Waals surface area contributed by atoms with Gasteiger partial charge in [0.05, 0.1) is 31.6 Å². The zero-order chi connectivity index (χ0) is 19.7. The summed E-state index contributed by atoms with van der Waals surface area (Å²) in [4.78, 5) is 29.8. The normalized spacial score (nSPS) is 17.5. The minimum atomic E-state index is -0.348. The van der Waals surface area contributed by atoms with Crippen LogP contribution in [-0.2, 0) is 14.3 Å². The number of morpholine rings is 1. The van der Waals surface area contributed by atoms with Crippen molar-refractivity contribution in [2.75, 3.05) is 38.3 Å². The molecule has 2 amide bonds. The predicted molar refractivity (Wildman–Crippen MR) is 106 cm³/mol. The van der Waals surface area contributed by atoms with Crippen molar-refractivity contribution >= 4 is 34.7 Å². The lowest BCUT2D eigenvalue weighted by Crippen LogP contribution is -2.40. The second kappa shape index (κ2) is 7.66. The van der Waals surface area contributed by atoms with Gasteiger partial charge in [0.15, 0.2) is 0 Å². The monoisotopic (exact) mass is 398 g/mol. The van der Waals surface area contributed by atoms with Gasteiger partial charge in [-0.25, -0.2) is 4.90 Å². The van der Waals surface area contributed by atoms with Crippen LogP contribution in [-0.4, -0.2) is 50.1 Å². The first-order valence-electron chi connectivity index (χ1n) is 8.96. The molecule has 0 radical (unpaired) electrons. The number of ether oxygens (including phenoxy) is 2. The van der Waals surface area contributed by atoms with Gasteiger partial charge in [0.25, 0.3) is 11.8 Å². The Balaban J connectivity index is 1.79. The first kappa shape index (κ1) is 18.5. The van der Waals surface area contributed by atoms with E-state index in [1.54, 1.807) is 55.6 Å². The molecule has 2 aromatic rings. The van der Waals surface area contributed by atoms with Gasteiger partial charge in [-0.15, -0.1) is 0 Å². The summed E-state index contributed by atoms with van der Waals surface area (Å²) in [5.41, 5.74) is 1.97. The average molecular weight is 399 g/mol. The fraction of sp³-hybridized carbons (Fsp3) is 0.238. The standard InChI is InChI=1S/C21H19ClN2O4/c1-27-17-8-6-16(7-9-17)24-20(25)18(14-2-4-15(22)5-3-14)19(21(24)26)23-10-12-28-13-11-23/h2-9H,10-13H2,1H3. The third-order valence-electron chi connectivity index (χ3n) is 4.85. The first-order chi connectivity index (χ1) is 13.6. The van der Waals surface area contributed by atoms with Crippen LogP contribution in [0.5, 0.6) is 5.75 Å². The van der Waals surface area contributed by atoms with Crippen LogP contribution in [0.1, 0.15) is 5.56 Å². The highest BCUT2D eigenvalue weighted by Gasteiger charge is 2.42. The molecule has 28 heavy (non-hydrogen) atoms. The summed E-state index contributed by atoms with van der Waals surface area (Å²) in [6, 6.07) is 13.8. The highest BCUT2D eigenvalue weighted by atomic mass is 35.5. The van der Waals surface area contributed by atoms with E-state index in [0.717, 1.165) is 0 Å². The third kappa shape index (κ3) is 3.25. The van der Waals surface area contributed by atoms with Crippen LogP contribution in [0.15, 0.2) is 54.2 Å². The number of methoxy groups -OCH3 is 1. The van der Waals surface area contributed by atoms with Gasteiger partial charge in [-0.1, -0.05) is 23.7 Å². The van der Waals surface area contributed by atoms with Crippen molar-refractivity contribution in [3.63, 3.8) is 0 Å². The van der Waals surface area contributed by atoms with E-state index < -0.39 is 0 Å². The number of hydrogen-bond donors (Lipinski definition) is 0. The van der Waals surface area contributed by atoms with Gasteiger partial charge in [0.2, 0.25) is 0 Å². The van der Waals surface area contributed by atoms with Crippen LogP contribution in [0.25, 0.3) is 5.57 Å². The quantitative estimate of drug-likeness (QED) is 0.741. The summed E-state index contributed by atoms with van der Waals surface area (Å²) < 4.78 is 10.6. The SMILES string of the molecule is COc1ccc(N2C(=O)C(c3ccc(Cl)cc3)=C(N3CCOCC3)C2=O)cc1. The minimum absolute atomic E-state index is 0.331. The Bertz CT molecular complexity index is 932. The summed E-state index contributed by atoms with van der Waals surface area (Å²) in [7, 11) is 1.57. The van der Waals surface area contributed by atoms with Crippen molar-refractivity contribution in [2.45, 2.75) is 0 Å². The highest BCUT2D eigenvalue weighted by Crippen LogP contribution is 2.35. The van der Waals surface area contributed by atoms with Crippen LogP contribution in [0.4, 0.5) is 5.69 Å².